The highest BCUT2D eigenvalue weighted by atomic mass is 35.5. The molecule has 0 radical (unpaired) electrons. The van der Waals surface area contributed by atoms with Gasteiger partial charge in [-0.2, -0.15) is 0 Å². The molecule has 118 valence electrons. The van der Waals surface area contributed by atoms with Crippen LogP contribution in [-0.2, 0) is 25.9 Å². The minimum atomic E-state index is 0. The maximum atomic E-state index is 12.9. The molecule has 0 amide bonds. The van der Waals surface area contributed by atoms with Crippen molar-refractivity contribution < 1.29 is 0 Å². The SMILES string of the molecule is CN=C1Cn2c(nc3sc4c(c3c2=O)CCCC4)CN1C.Cl. The molecule has 2 aromatic rings. The second-order valence-electron chi connectivity index (χ2n) is 5.81. The predicted octanol–water partition coefficient (Wildman–Crippen LogP) is 2.23. The Hall–Kier alpha value is -1.40. The molecule has 7 heteroatoms. The molecule has 22 heavy (non-hydrogen) atoms. The van der Waals surface area contributed by atoms with Crippen LogP contribution in [0.1, 0.15) is 29.1 Å². The first-order valence-corrected chi connectivity index (χ1v) is 8.21. The Balaban J connectivity index is 0.00000144. The minimum Gasteiger partial charge on any atom is -0.354 e. The lowest BCUT2D eigenvalue weighted by Gasteiger charge is -2.28. The standard InChI is InChI=1S/C15H18N4OS.ClH/c1-16-11-8-19-12(7-18(11)2)17-14-13(15(19)20)9-5-3-4-6-10(9)21-14;/h3-8H2,1-2H3;1H. The molecule has 0 bridgehead atoms. The molecule has 0 unspecified atom stereocenters. The van der Waals surface area contributed by atoms with Gasteiger partial charge in [0.25, 0.3) is 5.56 Å². The molecule has 0 saturated carbocycles. The van der Waals surface area contributed by atoms with E-state index < -0.39 is 0 Å². The van der Waals surface area contributed by atoms with Gasteiger partial charge in [0.2, 0.25) is 0 Å². The van der Waals surface area contributed by atoms with E-state index in [1.54, 1.807) is 18.4 Å². The lowest BCUT2D eigenvalue weighted by molar-refractivity contribution is 0.415. The molecule has 4 rings (SSSR count). The maximum Gasteiger partial charge on any atom is 0.263 e. The Labute approximate surface area is 139 Å². The van der Waals surface area contributed by atoms with Crippen molar-refractivity contribution in [3.8, 4) is 0 Å². The summed E-state index contributed by atoms with van der Waals surface area (Å²) in [6.07, 6.45) is 4.55. The van der Waals surface area contributed by atoms with Gasteiger partial charge in [0.05, 0.1) is 18.5 Å². The van der Waals surface area contributed by atoms with Crippen LogP contribution in [0.5, 0.6) is 0 Å². The van der Waals surface area contributed by atoms with Gasteiger partial charge in [-0.25, -0.2) is 4.98 Å². The lowest BCUT2D eigenvalue weighted by Crippen LogP contribution is -2.42. The number of halogens is 1. The van der Waals surface area contributed by atoms with E-state index in [0.717, 1.165) is 34.7 Å². The monoisotopic (exact) mass is 338 g/mol. The molecule has 0 N–H and O–H groups in total. The van der Waals surface area contributed by atoms with Crippen LogP contribution < -0.4 is 5.56 Å². The third kappa shape index (κ3) is 2.16. The van der Waals surface area contributed by atoms with Crippen molar-refractivity contribution >= 4 is 39.8 Å². The zero-order valence-corrected chi connectivity index (χ0v) is 14.4. The number of amidine groups is 1. The highest BCUT2D eigenvalue weighted by molar-refractivity contribution is 7.18. The summed E-state index contributed by atoms with van der Waals surface area (Å²) in [6, 6.07) is 0. The van der Waals surface area contributed by atoms with Crippen molar-refractivity contribution in [2.24, 2.45) is 4.99 Å². The summed E-state index contributed by atoms with van der Waals surface area (Å²) in [5, 5.41) is 0.874. The van der Waals surface area contributed by atoms with Gasteiger partial charge in [-0.05, 0) is 31.2 Å². The van der Waals surface area contributed by atoms with E-state index in [1.165, 1.54) is 23.3 Å². The largest absolute Gasteiger partial charge is 0.354 e. The smallest absolute Gasteiger partial charge is 0.263 e. The molecule has 2 aliphatic rings. The molecular weight excluding hydrogens is 320 g/mol. The molecule has 0 atom stereocenters. The zero-order valence-electron chi connectivity index (χ0n) is 12.8. The third-order valence-electron chi connectivity index (χ3n) is 4.53. The number of aromatic nitrogens is 2. The number of hydrogen-bond donors (Lipinski definition) is 0. The van der Waals surface area contributed by atoms with Gasteiger partial charge in [-0.3, -0.25) is 14.4 Å². The predicted molar refractivity (Wildman–Crippen MR) is 92.6 cm³/mol. The van der Waals surface area contributed by atoms with Crippen LogP contribution in [0.4, 0.5) is 0 Å². The number of hydrogen-bond acceptors (Lipinski definition) is 4. The van der Waals surface area contributed by atoms with Crippen LogP contribution in [-0.4, -0.2) is 34.4 Å². The maximum absolute atomic E-state index is 12.9. The molecule has 0 spiro atoms. The van der Waals surface area contributed by atoms with Gasteiger partial charge in [-0.1, -0.05) is 0 Å². The van der Waals surface area contributed by atoms with Crippen LogP contribution in [0.25, 0.3) is 10.2 Å². The fourth-order valence-electron chi connectivity index (χ4n) is 3.37. The minimum absolute atomic E-state index is 0. The molecular formula is C15H19ClN4OS. The fourth-order valence-corrected chi connectivity index (χ4v) is 4.64. The van der Waals surface area contributed by atoms with Crippen LogP contribution in [0.15, 0.2) is 9.79 Å². The Morgan fingerprint density at radius 1 is 1.23 bits per heavy atom. The highest BCUT2D eigenvalue weighted by Crippen LogP contribution is 2.34. The van der Waals surface area contributed by atoms with Gasteiger partial charge >= 0.3 is 0 Å². The van der Waals surface area contributed by atoms with Gasteiger partial charge in [0.1, 0.15) is 16.5 Å². The molecule has 2 aromatic heterocycles. The van der Waals surface area contributed by atoms with Crippen molar-refractivity contribution in [1.82, 2.24) is 14.5 Å². The average Bonchev–Trinajstić information content (AvgIpc) is 2.85. The molecule has 0 saturated heterocycles. The van der Waals surface area contributed by atoms with Crippen LogP contribution in [0.2, 0.25) is 0 Å². The number of thiophene rings is 1. The fraction of sp³-hybridized carbons (Fsp3) is 0.533. The number of aliphatic imine (C=N–C) groups is 1. The molecule has 1 aliphatic heterocycles. The topological polar surface area (TPSA) is 50.5 Å². The summed E-state index contributed by atoms with van der Waals surface area (Å²) in [4.78, 5) is 26.4. The summed E-state index contributed by atoms with van der Waals surface area (Å²) in [6.45, 7) is 1.19. The highest BCUT2D eigenvalue weighted by Gasteiger charge is 2.25. The summed E-state index contributed by atoms with van der Waals surface area (Å²) in [7, 11) is 3.78. The van der Waals surface area contributed by atoms with E-state index >= 15 is 0 Å². The normalized spacial score (nSPS) is 19.0. The summed E-state index contributed by atoms with van der Waals surface area (Å²) in [5.74, 6) is 1.80. The number of likely N-dealkylation sites (N-methyl/N-ethyl adjacent to an activating group) is 1. The number of nitrogens with zero attached hydrogens (tertiary/aromatic N) is 4. The Morgan fingerprint density at radius 3 is 2.77 bits per heavy atom. The lowest BCUT2D eigenvalue weighted by atomic mass is 9.97. The Morgan fingerprint density at radius 2 is 2.00 bits per heavy atom. The van der Waals surface area contributed by atoms with E-state index in [1.807, 2.05) is 11.6 Å². The van der Waals surface area contributed by atoms with Gasteiger partial charge in [0, 0.05) is 19.0 Å². The number of fused-ring (bicyclic) bond motifs is 4. The Kier molecular flexibility index (Phi) is 3.99. The van der Waals surface area contributed by atoms with Crippen LogP contribution >= 0.6 is 23.7 Å². The van der Waals surface area contributed by atoms with Crippen molar-refractivity contribution in [3.05, 3.63) is 26.6 Å². The second-order valence-corrected chi connectivity index (χ2v) is 6.89. The van der Waals surface area contributed by atoms with Gasteiger partial charge < -0.3 is 4.90 Å². The first kappa shape index (κ1) is 15.5. The van der Waals surface area contributed by atoms with Gasteiger partial charge in [-0.15, -0.1) is 23.7 Å². The number of rotatable bonds is 0. The van der Waals surface area contributed by atoms with E-state index in [9.17, 15) is 4.79 Å². The van der Waals surface area contributed by atoms with Gasteiger partial charge in [0.15, 0.2) is 0 Å². The molecule has 1 aliphatic carbocycles. The van der Waals surface area contributed by atoms with Crippen molar-refractivity contribution in [2.75, 3.05) is 14.1 Å². The first-order valence-electron chi connectivity index (χ1n) is 7.40. The first-order chi connectivity index (χ1) is 10.2. The van der Waals surface area contributed by atoms with Crippen molar-refractivity contribution in [1.29, 1.82) is 0 Å². The van der Waals surface area contributed by atoms with Crippen molar-refractivity contribution in [3.63, 3.8) is 0 Å². The molecule has 0 fully saturated rings. The summed E-state index contributed by atoms with van der Waals surface area (Å²) in [5.41, 5.74) is 1.40. The molecule has 5 nitrogen and oxygen atoms in total. The van der Waals surface area contributed by atoms with E-state index in [0.29, 0.717) is 13.1 Å². The summed E-state index contributed by atoms with van der Waals surface area (Å²) >= 11 is 1.72. The van der Waals surface area contributed by atoms with Crippen LogP contribution in [0, 0.1) is 0 Å². The molecule has 0 aromatic carbocycles. The van der Waals surface area contributed by atoms with E-state index in [-0.39, 0.29) is 18.0 Å². The summed E-state index contributed by atoms with van der Waals surface area (Å²) < 4.78 is 1.81. The number of aryl methyl sites for hydroxylation is 2. The van der Waals surface area contributed by atoms with E-state index in [2.05, 4.69) is 9.89 Å². The average molecular weight is 339 g/mol. The van der Waals surface area contributed by atoms with E-state index in [4.69, 9.17) is 4.98 Å². The zero-order chi connectivity index (χ0) is 14.6. The van der Waals surface area contributed by atoms with Crippen LogP contribution in [0.3, 0.4) is 0 Å². The Bertz CT molecular complexity index is 823. The third-order valence-corrected chi connectivity index (χ3v) is 5.72. The quantitative estimate of drug-likeness (QED) is 0.740. The molecule has 3 heterocycles. The van der Waals surface area contributed by atoms with Crippen molar-refractivity contribution in [2.45, 2.75) is 38.8 Å². The second kappa shape index (κ2) is 5.66.